The Morgan fingerprint density at radius 2 is 1.64 bits per heavy atom. The summed E-state index contributed by atoms with van der Waals surface area (Å²) in [6.45, 7) is 7.50. The van der Waals surface area contributed by atoms with E-state index in [2.05, 4.69) is 20.7 Å². The standard InChI is InChI=1S/C15H29NO5S/c1-14(2)15(17)21-12-8-7-11-16(3,4)10-6-5-9-13-22(18,19)20/h1,5-13H2,2-4H3/p+1. The summed E-state index contributed by atoms with van der Waals surface area (Å²) in [4.78, 5) is 11.2. The lowest BCUT2D eigenvalue weighted by Gasteiger charge is -2.29. The Balaban J connectivity index is 3.69. The normalized spacial score (nSPS) is 12.2. The van der Waals surface area contributed by atoms with Gasteiger partial charge in [0, 0.05) is 5.57 Å². The second kappa shape index (κ2) is 9.97. The van der Waals surface area contributed by atoms with Crippen LogP contribution in [0.2, 0.25) is 0 Å². The number of hydrogen-bond acceptors (Lipinski definition) is 4. The van der Waals surface area contributed by atoms with Gasteiger partial charge >= 0.3 is 5.97 Å². The van der Waals surface area contributed by atoms with E-state index in [1.807, 2.05) is 0 Å². The monoisotopic (exact) mass is 336 g/mol. The van der Waals surface area contributed by atoms with E-state index >= 15 is 0 Å². The zero-order valence-electron chi connectivity index (χ0n) is 14.0. The first kappa shape index (κ1) is 21.1. The summed E-state index contributed by atoms with van der Waals surface area (Å²) in [5.74, 6) is -0.498. The fraction of sp³-hybridized carbons (Fsp3) is 0.800. The van der Waals surface area contributed by atoms with E-state index < -0.39 is 10.1 Å². The minimum atomic E-state index is -3.83. The maximum Gasteiger partial charge on any atom is 0.333 e. The summed E-state index contributed by atoms with van der Waals surface area (Å²) in [6.07, 6.45) is 3.99. The summed E-state index contributed by atoms with van der Waals surface area (Å²) in [6, 6.07) is 0. The van der Waals surface area contributed by atoms with E-state index in [0.29, 0.717) is 18.6 Å². The Kier molecular flexibility index (Phi) is 9.55. The predicted molar refractivity (Wildman–Crippen MR) is 87.1 cm³/mol. The average molecular weight is 336 g/mol. The quantitative estimate of drug-likeness (QED) is 0.194. The van der Waals surface area contributed by atoms with E-state index in [9.17, 15) is 13.2 Å². The van der Waals surface area contributed by atoms with Crippen LogP contribution in [0.1, 0.15) is 39.0 Å². The number of unbranched alkanes of at least 4 members (excludes halogenated alkanes) is 3. The lowest BCUT2D eigenvalue weighted by Crippen LogP contribution is -2.41. The van der Waals surface area contributed by atoms with Crippen LogP contribution >= 0.6 is 0 Å². The van der Waals surface area contributed by atoms with Gasteiger partial charge in [0.15, 0.2) is 0 Å². The Morgan fingerprint density at radius 3 is 2.14 bits per heavy atom. The molecule has 0 atom stereocenters. The third-order valence-electron chi connectivity index (χ3n) is 3.41. The summed E-state index contributed by atoms with van der Waals surface area (Å²) in [7, 11) is 0.429. The fourth-order valence-electron chi connectivity index (χ4n) is 2.04. The van der Waals surface area contributed by atoms with Crippen molar-refractivity contribution in [1.29, 1.82) is 0 Å². The van der Waals surface area contributed by atoms with Crippen molar-refractivity contribution in [2.24, 2.45) is 0 Å². The van der Waals surface area contributed by atoms with Crippen molar-refractivity contribution in [1.82, 2.24) is 0 Å². The van der Waals surface area contributed by atoms with Crippen molar-refractivity contribution in [3.05, 3.63) is 12.2 Å². The zero-order valence-corrected chi connectivity index (χ0v) is 14.8. The van der Waals surface area contributed by atoms with Gasteiger partial charge in [-0.1, -0.05) is 6.58 Å². The van der Waals surface area contributed by atoms with E-state index in [1.165, 1.54) is 0 Å². The predicted octanol–water partition coefficient (Wildman–Crippen LogP) is 2.02. The second-order valence-electron chi connectivity index (χ2n) is 6.35. The number of carbonyl (C=O) groups is 1. The first-order chi connectivity index (χ1) is 10.0. The molecule has 0 aromatic carbocycles. The molecule has 0 fully saturated rings. The highest BCUT2D eigenvalue weighted by Crippen LogP contribution is 2.07. The summed E-state index contributed by atoms with van der Waals surface area (Å²) >= 11 is 0. The fourth-order valence-corrected chi connectivity index (χ4v) is 2.61. The molecule has 0 spiro atoms. The molecular formula is C15H30NO5S+. The van der Waals surface area contributed by atoms with Crippen LogP contribution < -0.4 is 0 Å². The van der Waals surface area contributed by atoms with Gasteiger partial charge in [-0.3, -0.25) is 4.55 Å². The van der Waals surface area contributed by atoms with Gasteiger partial charge in [0.05, 0.1) is 39.5 Å². The van der Waals surface area contributed by atoms with Gasteiger partial charge < -0.3 is 9.22 Å². The van der Waals surface area contributed by atoms with Crippen molar-refractivity contribution in [2.75, 3.05) is 39.5 Å². The largest absolute Gasteiger partial charge is 0.462 e. The average Bonchev–Trinajstić information content (AvgIpc) is 2.35. The smallest absolute Gasteiger partial charge is 0.333 e. The van der Waals surface area contributed by atoms with Crippen LogP contribution in [-0.4, -0.2) is 63.0 Å². The van der Waals surface area contributed by atoms with Crippen LogP contribution in [0.15, 0.2) is 12.2 Å². The molecule has 0 saturated heterocycles. The van der Waals surface area contributed by atoms with Gasteiger partial charge in [-0.25, -0.2) is 4.79 Å². The molecule has 1 N–H and O–H groups in total. The first-order valence-electron chi connectivity index (χ1n) is 7.63. The molecule has 0 aromatic heterocycles. The van der Waals surface area contributed by atoms with Crippen molar-refractivity contribution in [2.45, 2.75) is 39.0 Å². The van der Waals surface area contributed by atoms with Gasteiger partial charge in [0.2, 0.25) is 0 Å². The molecule has 7 heteroatoms. The maximum atomic E-state index is 11.2. The molecule has 0 heterocycles. The Bertz CT molecular complexity index is 457. The maximum absolute atomic E-state index is 11.2. The van der Waals surface area contributed by atoms with Gasteiger partial charge in [-0.2, -0.15) is 8.42 Å². The molecule has 0 rings (SSSR count). The highest BCUT2D eigenvalue weighted by molar-refractivity contribution is 7.85. The van der Waals surface area contributed by atoms with Crippen molar-refractivity contribution in [3.8, 4) is 0 Å². The lowest BCUT2D eigenvalue weighted by atomic mass is 10.2. The molecule has 6 nitrogen and oxygen atoms in total. The molecule has 0 radical (unpaired) electrons. The molecule has 130 valence electrons. The number of quaternary nitrogens is 1. The number of nitrogens with zero attached hydrogens (tertiary/aromatic N) is 1. The summed E-state index contributed by atoms with van der Waals surface area (Å²) in [5.41, 5.74) is 0.418. The lowest BCUT2D eigenvalue weighted by molar-refractivity contribution is -0.890. The third-order valence-corrected chi connectivity index (χ3v) is 4.21. The van der Waals surface area contributed by atoms with Crippen molar-refractivity contribution in [3.63, 3.8) is 0 Å². The van der Waals surface area contributed by atoms with Crippen molar-refractivity contribution < 1.29 is 27.0 Å². The topological polar surface area (TPSA) is 80.7 Å². The number of esters is 1. The van der Waals surface area contributed by atoms with Gasteiger partial charge in [-0.05, 0) is 39.0 Å². The summed E-state index contributed by atoms with van der Waals surface area (Å²) < 4.78 is 35.7. The molecule has 0 bridgehead atoms. The zero-order chi connectivity index (χ0) is 17.2. The van der Waals surface area contributed by atoms with Gasteiger partial charge in [0.1, 0.15) is 0 Å². The van der Waals surface area contributed by atoms with Gasteiger partial charge in [0.25, 0.3) is 10.1 Å². The van der Waals surface area contributed by atoms with Crippen LogP contribution in [0, 0.1) is 0 Å². The number of hydrogen-bond donors (Lipinski definition) is 1. The molecule has 0 unspecified atom stereocenters. The SMILES string of the molecule is C=C(C)C(=O)OCCCC[N+](C)(C)CCCCCS(=O)(=O)O. The Morgan fingerprint density at radius 1 is 1.09 bits per heavy atom. The number of rotatable bonds is 12. The minimum absolute atomic E-state index is 0.158. The third kappa shape index (κ3) is 12.8. The number of carbonyl (C=O) groups excluding carboxylic acids is 1. The van der Waals surface area contributed by atoms with Crippen LogP contribution in [0.5, 0.6) is 0 Å². The molecule has 0 aliphatic carbocycles. The van der Waals surface area contributed by atoms with Crippen LogP contribution in [0.3, 0.4) is 0 Å². The van der Waals surface area contributed by atoms with E-state index in [4.69, 9.17) is 9.29 Å². The van der Waals surface area contributed by atoms with Gasteiger partial charge in [-0.15, -0.1) is 0 Å². The van der Waals surface area contributed by atoms with Crippen molar-refractivity contribution >= 4 is 16.1 Å². The Labute approximate surface area is 134 Å². The molecule has 0 aliphatic rings. The second-order valence-corrected chi connectivity index (χ2v) is 7.93. The first-order valence-corrected chi connectivity index (χ1v) is 9.24. The highest BCUT2D eigenvalue weighted by Gasteiger charge is 2.14. The minimum Gasteiger partial charge on any atom is -0.462 e. The van der Waals surface area contributed by atoms with E-state index in [0.717, 1.165) is 43.3 Å². The Hall–Kier alpha value is -0.920. The molecular weight excluding hydrogens is 306 g/mol. The number of ether oxygens (including phenoxy) is 1. The molecule has 22 heavy (non-hydrogen) atoms. The van der Waals surface area contributed by atoms with E-state index in [1.54, 1.807) is 6.92 Å². The van der Waals surface area contributed by atoms with Crippen LogP contribution in [0.25, 0.3) is 0 Å². The molecule has 0 amide bonds. The molecule has 0 saturated carbocycles. The highest BCUT2D eigenvalue weighted by atomic mass is 32.2. The van der Waals surface area contributed by atoms with E-state index in [-0.39, 0.29) is 11.7 Å². The van der Waals surface area contributed by atoms with Crippen LogP contribution in [-0.2, 0) is 19.6 Å². The summed E-state index contributed by atoms with van der Waals surface area (Å²) in [5, 5.41) is 0. The molecule has 0 aliphatic heterocycles. The van der Waals surface area contributed by atoms with Crippen LogP contribution in [0.4, 0.5) is 0 Å². The molecule has 0 aromatic rings.